The fourth-order valence-electron chi connectivity index (χ4n) is 3.93. The lowest BCUT2D eigenvalue weighted by Crippen LogP contribution is -2.29. The van der Waals surface area contributed by atoms with Gasteiger partial charge >= 0.3 is 0 Å². The summed E-state index contributed by atoms with van der Waals surface area (Å²) in [6, 6.07) is 12.7. The summed E-state index contributed by atoms with van der Waals surface area (Å²) in [5.74, 6) is -1.38. The van der Waals surface area contributed by atoms with Crippen LogP contribution in [0, 0.1) is 6.92 Å². The number of aliphatic hydroxyl groups excluding tert-OH is 1. The van der Waals surface area contributed by atoms with Crippen LogP contribution in [-0.4, -0.2) is 36.0 Å². The molecule has 168 valence electrons. The lowest BCUT2D eigenvalue weighted by Gasteiger charge is -2.25. The third-order valence-electron chi connectivity index (χ3n) is 5.48. The van der Waals surface area contributed by atoms with Crippen molar-refractivity contribution < 1.29 is 24.2 Å². The molecule has 1 unspecified atom stereocenters. The molecule has 3 aromatic rings. The summed E-state index contributed by atoms with van der Waals surface area (Å²) in [6.07, 6.45) is 3.13. The van der Waals surface area contributed by atoms with Gasteiger partial charge in [0.25, 0.3) is 11.7 Å². The van der Waals surface area contributed by atoms with Gasteiger partial charge in [-0.3, -0.25) is 19.5 Å². The van der Waals surface area contributed by atoms with Gasteiger partial charge in [-0.05, 0) is 48.4 Å². The normalized spacial score (nSPS) is 17.3. The highest BCUT2D eigenvalue weighted by atomic mass is 35.5. The molecule has 0 spiro atoms. The average Bonchev–Trinajstić information content (AvgIpc) is 3.09. The molecule has 0 radical (unpaired) electrons. The number of ether oxygens (including phenoxy) is 2. The number of nitrogens with zero attached hydrogens (tertiary/aromatic N) is 2. The van der Waals surface area contributed by atoms with E-state index in [9.17, 15) is 14.7 Å². The van der Waals surface area contributed by atoms with Crippen LogP contribution in [0.25, 0.3) is 5.76 Å². The average molecular weight is 465 g/mol. The number of aliphatic hydroxyl groups is 1. The summed E-state index contributed by atoms with van der Waals surface area (Å²) in [7, 11) is 2.88. The van der Waals surface area contributed by atoms with E-state index in [0.717, 1.165) is 5.56 Å². The largest absolute Gasteiger partial charge is 0.507 e. The first-order chi connectivity index (χ1) is 15.9. The SMILES string of the molecule is COc1cc(OC)c(/C(O)=C2\C(=O)C(=O)N(c3cccc(C)c3)C2c2ccncc2)cc1Cl. The van der Waals surface area contributed by atoms with E-state index in [4.69, 9.17) is 21.1 Å². The molecule has 1 aliphatic heterocycles. The predicted molar refractivity (Wildman–Crippen MR) is 125 cm³/mol. The van der Waals surface area contributed by atoms with Crippen molar-refractivity contribution >= 4 is 34.7 Å². The lowest BCUT2D eigenvalue weighted by atomic mass is 9.95. The molecule has 0 aliphatic carbocycles. The number of anilines is 1. The number of benzene rings is 2. The van der Waals surface area contributed by atoms with Crippen LogP contribution in [0.3, 0.4) is 0 Å². The first-order valence-corrected chi connectivity index (χ1v) is 10.4. The Labute approximate surface area is 195 Å². The van der Waals surface area contributed by atoms with E-state index in [2.05, 4.69) is 4.98 Å². The number of carbonyl (C=O) groups is 2. The van der Waals surface area contributed by atoms with Gasteiger partial charge in [0.1, 0.15) is 17.3 Å². The quantitative estimate of drug-likeness (QED) is 0.335. The number of aromatic nitrogens is 1. The number of aryl methyl sites for hydroxylation is 1. The minimum Gasteiger partial charge on any atom is -0.507 e. The maximum atomic E-state index is 13.3. The molecular weight excluding hydrogens is 444 g/mol. The van der Waals surface area contributed by atoms with Gasteiger partial charge in [0, 0.05) is 24.1 Å². The topological polar surface area (TPSA) is 89.0 Å². The number of halogens is 1. The Kier molecular flexibility index (Phi) is 6.07. The van der Waals surface area contributed by atoms with Crippen LogP contribution in [0.5, 0.6) is 11.5 Å². The zero-order chi connectivity index (χ0) is 23.7. The predicted octanol–water partition coefficient (Wildman–Crippen LogP) is 4.69. The molecule has 7 nitrogen and oxygen atoms in total. The molecular formula is C25H21ClN2O5. The summed E-state index contributed by atoms with van der Waals surface area (Å²) in [5.41, 5.74) is 2.17. The number of hydrogen-bond donors (Lipinski definition) is 1. The Morgan fingerprint density at radius 1 is 1.03 bits per heavy atom. The van der Waals surface area contributed by atoms with Gasteiger partial charge < -0.3 is 14.6 Å². The van der Waals surface area contributed by atoms with Crippen molar-refractivity contribution in [2.24, 2.45) is 0 Å². The van der Waals surface area contributed by atoms with E-state index < -0.39 is 23.5 Å². The Morgan fingerprint density at radius 3 is 2.36 bits per heavy atom. The number of carbonyl (C=O) groups excluding carboxylic acids is 2. The van der Waals surface area contributed by atoms with E-state index in [1.54, 1.807) is 36.7 Å². The van der Waals surface area contributed by atoms with Crippen LogP contribution in [0.15, 0.2) is 66.5 Å². The van der Waals surface area contributed by atoms with Crippen LogP contribution in [-0.2, 0) is 9.59 Å². The van der Waals surface area contributed by atoms with Gasteiger partial charge in [-0.2, -0.15) is 0 Å². The minimum atomic E-state index is -0.875. The zero-order valence-electron chi connectivity index (χ0n) is 18.2. The van der Waals surface area contributed by atoms with Gasteiger partial charge in [-0.1, -0.05) is 23.7 Å². The highest BCUT2D eigenvalue weighted by Gasteiger charge is 2.47. The zero-order valence-corrected chi connectivity index (χ0v) is 19.0. The molecule has 1 aliphatic rings. The molecule has 0 saturated carbocycles. The number of pyridine rings is 1. The van der Waals surface area contributed by atoms with Crippen molar-refractivity contribution in [2.45, 2.75) is 13.0 Å². The fourth-order valence-corrected chi connectivity index (χ4v) is 4.17. The maximum Gasteiger partial charge on any atom is 0.300 e. The molecule has 33 heavy (non-hydrogen) atoms. The monoisotopic (exact) mass is 464 g/mol. The Hall–Kier alpha value is -3.84. The van der Waals surface area contributed by atoms with E-state index in [1.807, 2.05) is 19.1 Å². The lowest BCUT2D eigenvalue weighted by molar-refractivity contribution is -0.132. The number of Topliss-reactive ketones (excluding diaryl/α,β-unsaturated/α-hetero) is 1. The standard InChI is InChI=1S/C25H21ClN2O5/c1-14-5-4-6-16(11-14)28-22(15-7-9-27-10-8-15)21(24(30)25(28)31)23(29)17-12-18(26)20(33-3)13-19(17)32-2/h4-13,22,29H,1-3H3/b23-21+. The van der Waals surface area contributed by atoms with Crippen molar-refractivity contribution in [2.75, 3.05) is 19.1 Å². The highest BCUT2D eigenvalue weighted by Crippen LogP contribution is 2.44. The molecule has 2 aromatic carbocycles. The van der Waals surface area contributed by atoms with E-state index in [-0.39, 0.29) is 21.9 Å². The molecule has 1 aromatic heterocycles. The van der Waals surface area contributed by atoms with Crippen LogP contribution in [0.1, 0.15) is 22.7 Å². The van der Waals surface area contributed by atoms with Crippen molar-refractivity contribution in [3.8, 4) is 11.5 Å². The summed E-state index contributed by atoms with van der Waals surface area (Å²) in [4.78, 5) is 31.9. The summed E-state index contributed by atoms with van der Waals surface area (Å²) in [6.45, 7) is 1.89. The van der Waals surface area contributed by atoms with Crippen molar-refractivity contribution in [1.29, 1.82) is 0 Å². The molecule has 4 rings (SSSR count). The number of hydrogen-bond acceptors (Lipinski definition) is 6. The second kappa shape index (κ2) is 8.96. The van der Waals surface area contributed by atoms with Crippen LogP contribution < -0.4 is 14.4 Å². The second-order valence-corrected chi connectivity index (χ2v) is 7.88. The molecule has 1 N–H and O–H groups in total. The molecule has 1 amide bonds. The van der Waals surface area contributed by atoms with Crippen molar-refractivity contribution in [3.05, 3.63) is 88.2 Å². The van der Waals surface area contributed by atoms with Gasteiger partial charge in [0.15, 0.2) is 0 Å². The van der Waals surface area contributed by atoms with Crippen LogP contribution >= 0.6 is 11.6 Å². The number of methoxy groups -OCH3 is 2. The Bertz CT molecular complexity index is 1270. The molecule has 8 heteroatoms. The van der Waals surface area contributed by atoms with Crippen LogP contribution in [0.2, 0.25) is 5.02 Å². The first kappa shape index (κ1) is 22.4. The third-order valence-corrected chi connectivity index (χ3v) is 5.77. The highest BCUT2D eigenvalue weighted by molar-refractivity contribution is 6.51. The van der Waals surface area contributed by atoms with E-state index in [1.165, 1.54) is 31.3 Å². The summed E-state index contributed by atoms with van der Waals surface area (Å²) in [5, 5.41) is 11.6. The van der Waals surface area contributed by atoms with Gasteiger partial charge in [-0.25, -0.2) is 0 Å². The molecule has 1 fully saturated rings. The van der Waals surface area contributed by atoms with E-state index in [0.29, 0.717) is 17.0 Å². The first-order valence-electron chi connectivity index (χ1n) is 10.1. The summed E-state index contributed by atoms with van der Waals surface area (Å²) >= 11 is 6.28. The third kappa shape index (κ3) is 3.91. The fraction of sp³-hybridized carbons (Fsp3) is 0.160. The van der Waals surface area contributed by atoms with E-state index >= 15 is 0 Å². The smallest absolute Gasteiger partial charge is 0.300 e. The maximum absolute atomic E-state index is 13.3. The Balaban J connectivity index is 1.98. The van der Waals surface area contributed by atoms with Crippen molar-refractivity contribution in [1.82, 2.24) is 4.98 Å². The van der Waals surface area contributed by atoms with Gasteiger partial charge in [-0.15, -0.1) is 0 Å². The van der Waals surface area contributed by atoms with Crippen molar-refractivity contribution in [3.63, 3.8) is 0 Å². The molecule has 1 atom stereocenters. The van der Waals surface area contributed by atoms with Crippen LogP contribution in [0.4, 0.5) is 5.69 Å². The summed E-state index contributed by atoms with van der Waals surface area (Å²) < 4.78 is 10.6. The molecule has 0 bridgehead atoms. The number of amides is 1. The molecule has 1 saturated heterocycles. The number of rotatable bonds is 5. The van der Waals surface area contributed by atoms with Gasteiger partial charge in [0.05, 0.1) is 36.4 Å². The minimum absolute atomic E-state index is 0.0766. The number of ketones is 1. The molecule has 2 heterocycles. The Morgan fingerprint density at radius 2 is 1.73 bits per heavy atom. The second-order valence-electron chi connectivity index (χ2n) is 7.48. The van der Waals surface area contributed by atoms with Gasteiger partial charge in [0.2, 0.25) is 0 Å².